The molecule has 7 heteroatoms. The number of carbonyl (C=O) groups is 3. The molecule has 0 aliphatic rings. The van der Waals surface area contributed by atoms with Crippen LogP contribution in [0.15, 0.2) is 6.07 Å². The molecule has 1 amide bonds. The zero-order chi connectivity index (χ0) is 15.3. The lowest BCUT2D eigenvalue weighted by Gasteiger charge is -2.11. The van der Waals surface area contributed by atoms with Gasteiger partial charge in [-0.2, -0.15) is 0 Å². The van der Waals surface area contributed by atoms with E-state index in [1.807, 2.05) is 13.8 Å². The highest BCUT2D eigenvalue weighted by atomic mass is 32.1. The van der Waals surface area contributed by atoms with Gasteiger partial charge in [0.15, 0.2) is 0 Å². The van der Waals surface area contributed by atoms with E-state index in [4.69, 9.17) is 10.2 Å². The minimum absolute atomic E-state index is 0.405. The average Bonchev–Trinajstić information content (AvgIpc) is 2.70. The van der Waals surface area contributed by atoms with E-state index in [1.165, 1.54) is 11.3 Å². The molecule has 0 aliphatic carbocycles. The summed E-state index contributed by atoms with van der Waals surface area (Å²) in [6.07, 6.45) is 1.16. The molecule has 1 atom stereocenters. The van der Waals surface area contributed by atoms with Crippen molar-refractivity contribution >= 4 is 29.2 Å². The van der Waals surface area contributed by atoms with Crippen LogP contribution >= 0.6 is 11.3 Å². The largest absolute Gasteiger partial charge is 0.481 e. The van der Waals surface area contributed by atoms with Crippen molar-refractivity contribution < 1.29 is 24.6 Å². The maximum Gasteiger partial charge on any atom is 0.326 e. The predicted molar refractivity (Wildman–Crippen MR) is 74.2 cm³/mol. The lowest BCUT2D eigenvalue weighted by molar-refractivity contribution is -0.145. The molecule has 0 radical (unpaired) electrons. The van der Waals surface area contributed by atoms with Gasteiger partial charge in [0.2, 0.25) is 0 Å². The normalized spacial score (nSPS) is 11.9. The number of rotatable bonds is 7. The lowest BCUT2D eigenvalue weighted by Crippen LogP contribution is -2.41. The monoisotopic (exact) mass is 299 g/mol. The SMILES string of the molecule is CCCc1cc(C(=O)N[C@@H](CC(=O)O)C(=O)O)sc1C. The second-order valence-corrected chi connectivity index (χ2v) is 5.66. The molecule has 1 heterocycles. The predicted octanol–water partition coefficient (Wildman–Crippen LogP) is 1.67. The fraction of sp³-hybridized carbons (Fsp3) is 0.462. The highest BCUT2D eigenvalue weighted by Crippen LogP contribution is 2.22. The number of amides is 1. The van der Waals surface area contributed by atoms with E-state index in [9.17, 15) is 14.4 Å². The molecular weight excluding hydrogens is 282 g/mol. The van der Waals surface area contributed by atoms with Crippen molar-refractivity contribution in [2.45, 2.75) is 39.2 Å². The molecule has 0 fully saturated rings. The van der Waals surface area contributed by atoms with Gasteiger partial charge < -0.3 is 15.5 Å². The highest BCUT2D eigenvalue weighted by Gasteiger charge is 2.24. The van der Waals surface area contributed by atoms with E-state index in [0.717, 1.165) is 23.3 Å². The first-order valence-corrected chi connectivity index (χ1v) is 7.01. The molecule has 0 aliphatic heterocycles. The fourth-order valence-electron chi connectivity index (χ4n) is 1.75. The van der Waals surface area contributed by atoms with Gasteiger partial charge in [-0.05, 0) is 25.0 Å². The summed E-state index contributed by atoms with van der Waals surface area (Å²) in [4.78, 5) is 34.8. The quantitative estimate of drug-likeness (QED) is 0.710. The van der Waals surface area contributed by atoms with Crippen LogP contribution in [0.2, 0.25) is 0 Å². The molecule has 1 aromatic heterocycles. The van der Waals surface area contributed by atoms with Crippen LogP contribution in [-0.2, 0) is 16.0 Å². The first-order valence-electron chi connectivity index (χ1n) is 6.19. The Hall–Kier alpha value is -1.89. The van der Waals surface area contributed by atoms with Gasteiger partial charge in [0.25, 0.3) is 5.91 Å². The summed E-state index contributed by atoms with van der Waals surface area (Å²) in [6, 6.07) is 0.315. The van der Waals surface area contributed by atoms with E-state index in [1.54, 1.807) is 6.07 Å². The average molecular weight is 299 g/mol. The van der Waals surface area contributed by atoms with Crippen LogP contribution in [0, 0.1) is 6.92 Å². The third-order valence-corrected chi connectivity index (χ3v) is 3.84. The van der Waals surface area contributed by atoms with Gasteiger partial charge in [0.1, 0.15) is 6.04 Å². The minimum atomic E-state index is -1.42. The second kappa shape index (κ2) is 7.04. The van der Waals surface area contributed by atoms with E-state index >= 15 is 0 Å². The first kappa shape index (κ1) is 16.2. The number of nitrogens with one attached hydrogen (secondary N) is 1. The molecule has 0 saturated carbocycles. The number of thiophene rings is 1. The van der Waals surface area contributed by atoms with Crippen molar-refractivity contribution in [1.29, 1.82) is 0 Å². The van der Waals surface area contributed by atoms with Gasteiger partial charge >= 0.3 is 11.9 Å². The summed E-state index contributed by atoms with van der Waals surface area (Å²) in [5.41, 5.74) is 1.06. The molecular formula is C13H17NO5S. The Labute approximate surface area is 120 Å². The van der Waals surface area contributed by atoms with Gasteiger partial charge in [-0.1, -0.05) is 13.3 Å². The molecule has 20 heavy (non-hydrogen) atoms. The number of carboxylic acids is 2. The number of carboxylic acid groups (broad SMARTS) is 2. The topological polar surface area (TPSA) is 104 Å². The van der Waals surface area contributed by atoms with Crippen LogP contribution in [-0.4, -0.2) is 34.1 Å². The number of hydrogen-bond donors (Lipinski definition) is 3. The van der Waals surface area contributed by atoms with Crippen LogP contribution < -0.4 is 5.32 Å². The summed E-state index contributed by atoms with van der Waals surface area (Å²) in [6.45, 7) is 3.93. The third kappa shape index (κ3) is 4.34. The maximum absolute atomic E-state index is 12.0. The smallest absolute Gasteiger partial charge is 0.326 e. The molecule has 0 spiro atoms. The van der Waals surface area contributed by atoms with Crippen molar-refractivity contribution in [2.75, 3.05) is 0 Å². The molecule has 3 N–H and O–H groups in total. The van der Waals surface area contributed by atoms with Crippen LogP contribution in [0.4, 0.5) is 0 Å². The van der Waals surface area contributed by atoms with Crippen molar-refractivity contribution in [2.24, 2.45) is 0 Å². The van der Waals surface area contributed by atoms with Crippen LogP contribution in [0.5, 0.6) is 0 Å². The summed E-state index contributed by atoms with van der Waals surface area (Å²) in [5, 5.41) is 19.7. The van der Waals surface area contributed by atoms with E-state index in [0.29, 0.717) is 4.88 Å². The Morgan fingerprint density at radius 2 is 2.00 bits per heavy atom. The number of aryl methyl sites for hydroxylation is 2. The summed E-state index contributed by atoms with van der Waals surface area (Å²) >= 11 is 1.28. The van der Waals surface area contributed by atoms with Crippen molar-refractivity contribution in [3.63, 3.8) is 0 Å². The van der Waals surface area contributed by atoms with Gasteiger partial charge in [0.05, 0.1) is 11.3 Å². The summed E-state index contributed by atoms with van der Waals surface area (Å²) in [7, 11) is 0. The Morgan fingerprint density at radius 3 is 2.50 bits per heavy atom. The van der Waals surface area contributed by atoms with Gasteiger partial charge in [-0.3, -0.25) is 9.59 Å². The first-order chi connectivity index (χ1) is 9.35. The summed E-state index contributed by atoms with van der Waals surface area (Å²) in [5.74, 6) is -3.18. The van der Waals surface area contributed by atoms with Crippen LogP contribution in [0.25, 0.3) is 0 Å². The maximum atomic E-state index is 12.0. The Bertz CT molecular complexity index is 523. The molecule has 6 nitrogen and oxygen atoms in total. The number of carbonyl (C=O) groups excluding carboxylic acids is 1. The van der Waals surface area contributed by atoms with E-state index in [-0.39, 0.29) is 0 Å². The lowest BCUT2D eigenvalue weighted by atomic mass is 10.1. The Balaban J connectivity index is 2.81. The highest BCUT2D eigenvalue weighted by molar-refractivity contribution is 7.14. The number of aliphatic carboxylic acids is 2. The van der Waals surface area contributed by atoms with Gasteiger partial charge in [-0.15, -0.1) is 11.3 Å². The van der Waals surface area contributed by atoms with Gasteiger partial charge in [-0.25, -0.2) is 4.79 Å². The van der Waals surface area contributed by atoms with E-state index in [2.05, 4.69) is 5.32 Å². The molecule has 0 aromatic carbocycles. The minimum Gasteiger partial charge on any atom is -0.481 e. The van der Waals surface area contributed by atoms with Crippen molar-refractivity contribution in [1.82, 2.24) is 5.32 Å². The molecule has 0 unspecified atom stereocenters. The number of hydrogen-bond acceptors (Lipinski definition) is 4. The zero-order valence-corrected chi connectivity index (χ0v) is 12.1. The van der Waals surface area contributed by atoms with Crippen molar-refractivity contribution in [3.8, 4) is 0 Å². The Morgan fingerprint density at radius 1 is 1.35 bits per heavy atom. The molecule has 0 bridgehead atoms. The van der Waals surface area contributed by atoms with Crippen LogP contribution in [0.3, 0.4) is 0 Å². The van der Waals surface area contributed by atoms with Gasteiger partial charge in [0, 0.05) is 4.88 Å². The molecule has 0 saturated heterocycles. The summed E-state index contributed by atoms with van der Waals surface area (Å²) < 4.78 is 0. The standard InChI is InChI=1S/C13H17NO5S/c1-3-4-8-5-10(20-7(8)2)12(17)14-9(13(18)19)6-11(15)16/h5,9H,3-4,6H2,1-2H3,(H,14,17)(H,15,16)(H,18,19)/t9-/m0/s1. The molecule has 1 aromatic rings. The van der Waals surface area contributed by atoms with E-state index < -0.39 is 30.3 Å². The fourth-order valence-corrected chi connectivity index (χ4v) is 2.73. The van der Waals surface area contributed by atoms with Crippen LogP contribution in [0.1, 0.15) is 39.9 Å². The zero-order valence-electron chi connectivity index (χ0n) is 11.3. The molecule has 110 valence electrons. The second-order valence-electron chi connectivity index (χ2n) is 4.40. The van der Waals surface area contributed by atoms with Crippen molar-refractivity contribution in [3.05, 3.63) is 21.4 Å². The Kier molecular flexibility index (Phi) is 5.69. The third-order valence-electron chi connectivity index (χ3n) is 2.75. The molecule has 1 rings (SSSR count).